The molecule has 0 bridgehead atoms. The van der Waals surface area contributed by atoms with E-state index >= 15 is 0 Å². The minimum atomic E-state index is -0.631. The molecule has 2 amide bonds. The molecule has 0 fully saturated rings. The largest absolute Gasteiger partial charge is 0.348 e. The SMILES string of the molecule is CCN(CC)CCCNC(=O)C(=O)Nc1ccc(Br)cc1C. The Balaban J connectivity index is 2.37. The molecule has 1 aromatic rings. The Bertz CT molecular complexity index is 516. The molecule has 0 unspecified atom stereocenters. The molecular formula is C16H24BrN3O2. The van der Waals surface area contributed by atoms with E-state index in [2.05, 4.69) is 45.3 Å². The third kappa shape index (κ3) is 6.15. The molecule has 1 rings (SSSR count). The third-order valence-electron chi connectivity index (χ3n) is 3.47. The zero-order chi connectivity index (χ0) is 16.5. The predicted octanol–water partition coefficient (Wildman–Crippen LogP) is 2.54. The molecule has 122 valence electrons. The van der Waals surface area contributed by atoms with Gasteiger partial charge in [-0.2, -0.15) is 0 Å². The van der Waals surface area contributed by atoms with Crippen LogP contribution in [0.3, 0.4) is 0 Å². The highest BCUT2D eigenvalue weighted by atomic mass is 79.9. The molecule has 0 aromatic heterocycles. The molecule has 0 heterocycles. The maximum absolute atomic E-state index is 11.8. The van der Waals surface area contributed by atoms with Gasteiger partial charge in [0.15, 0.2) is 0 Å². The number of carbonyl (C=O) groups excluding carboxylic acids is 2. The molecular weight excluding hydrogens is 346 g/mol. The molecule has 1 aromatic carbocycles. The standard InChI is InChI=1S/C16H24BrN3O2/c1-4-20(5-2)10-6-9-18-15(21)16(22)19-14-8-7-13(17)11-12(14)3/h7-8,11H,4-6,9-10H2,1-3H3,(H,18,21)(H,19,22). The highest BCUT2D eigenvalue weighted by molar-refractivity contribution is 9.10. The number of nitrogens with one attached hydrogen (secondary N) is 2. The summed E-state index contributed by atoms with van der Waals surface area (Å²) in [4.78, 5) is 25.9. The average molecular weight is 370 g/mol. The minimum Gasteiger partial charge on any atom is -0.348 e. The van der Waals surface area contributed by atoms with Crippen molar-refractivity contribution in [1.29, 1.82) is 0 Å². The van der Waals surface area contributed by atoms with Gasteiger partial charge in [0, 0.05) is 16.7 Å². The number of amides is 2. The van der Waals surface area contributed by atoms with Gasteiger partial charge in [-0.05, 0) is 56.7 Å². The van der Waals surface area contributed by atoms with E-state index < -0.39 is 11.8 Å². The van der Waals surface area contributed by atoms with Crippen LogP contribution in [0.1, 0.15) is 25.8 Å². The Morgan fingerprint density at radius 3 is 2.45 bits per heavy atom. The van der Waals surface area contributed by atoms with Crippen molar-refractivity contribution in [2.24, 2.45) is 0 Å². The first kappa shape index (κ1) is 18.6. The van der Waals surface area contributed by atoms with E-state index in [-0.39, 0.29) is 0 Å². The lowest BCUT2D eigenvalue weighted by Crippen LogP contribution is -2.37. The summed E-state index contributed by atoms with van der Waals surface area (Å²) < 4.78 is 0.934. The van der Waals surface area contributed by atoms with Crippen LogP contribution in [0.5, 0.6) is 0 Å². The molecule has 0 aliphatic rings. The first-order valence-electron chi connectivity index (χ1n) is 7.55. The number of hydrogen-bond acceptors (Lipinski definition) is 3. The molecule has 0 saturated carbocycles. The van der Waals surface area contributed by atoms with Crippen molar-refractivity contribution in [2.45, 2.75) is 27.2 Å². The Labute approximate surface area is 140 Å². The van der Waals surface area contributed by atoms with Gasteiger partial charge >= 0.3 is 11.8 Å². The summed E-state index contributed by atoms with van der Waals surface area (Å²) in [6.45, 7) is 9.50. The van der Waals surface area contributed by atoms with Crippen LogP contribution in [0.4, 0.5) is 5.69 Å². The van der Waals surface area contributed by atoms with E-state index in [1.807, 2.05) is 19.1 Å². The van der Waals surface area contributed by atoms with Crippen LogP contribution < -0.4 is 10.6 Å². The topological polar surface area (TPSA) is 61.4 Å². The monoisotopic (exact) mass is 369 g/mol. The summed E-state index contributed by atoms with van der Waals surface area (Å²) in [5.41, 5.74) is 1.54. The number of nitrogens with zero attached hydrogens (tertiary/aromatic N) is 1. The van der Waals surface area contributed by atoms with E-state index in [1.165, 1.54) is 0 Å². The molecule has 0 aliphatic heterocycles. The molecule has 5 nitrogen and oxygen atoms in total. The first-order valence-corrected chi connectivity index (χ1v) is 8.34. The fourth-order valence-corrected chi connectivity index (χ4v) is 2.55. The first-order chi connectivity index (χ1) is 10.5. The van der Waals surface area contributed by atoms with Crippen LogP contribution in [0.2, 0.25) is 0 Å². The predicted molar refractivity (Wildman–Crippen MR) is 92.9 cm³/mol. The van der Waals surface area contributed by atoms with Crippen LogP contribution in [-0.4, -0.2) is 42.9 Å². The number of benzene rings is 1. The van der Waals surface area contributed by atoms with Gasteiger partial charge in [0.25, 0.3) is 0 Å². The molecule has 0 atom stereocenters. The van der Waals surface area contributed by atoms with Gasteiger partial charge in [-0.1, -0.05) is 29.8 Å². The zero-order valence-corrected chi connectivity index (χ0v) is 15.0. The number of hydrogen-bond donors (Lipinski definition) is 2. The Morgan fingerprint density at radius 1 is 1.18 bits per heavy atom. The summed E-state index contributed by atoms with van der Waals surface area (Å²) in [7, 11) is 0. The van der Waals surface area contributed by atoms with Crippen molar-refractivity contribution in [3.63, 3.8) is 0 Å². The Kier molecular flexibility index (Phi) is 8.12. The van der Waals surface area contributed by atoms with E-state index in [0.717, 1.165) is 36.1 Å². The van der Waals surface area contributed by atoms with Gasteiger partial charge in [0.2, 0.25) is 0 Å². The van der Waals surface area contributed by atoms with Crippen molar-refractivity contribution >= 4 is 33.4 Å². The number of aryl methyl sites for hydroxylation is 1. The highest BCUT2D eigenvalue weighted by Crippen LogP contribution is 2.19. The number of anilines is 1. The quantitative estimate of drug-likeness (QED) is 0.573. The van der Waals surface area contributed by atoms with E-state index in [4.69, 9.17) is 0 Å². The Hall–Kier alpha value is -1.40. The lowest BCUT2D eigenvalue weighted by molar-refractivity contribution is -0.136. The van der Waals surface area contributed by atoms with Gasteiger partial charge in [0.05, 0.1) is 0 Å². The smallest absolute Gasteiger partial charge is 0.313 e. The number of carbonyl (C=O) groups is 2. The van der Waals surface area contributed by atoms with Crippen molar-refractivity contribution in [3.05, 3.63) is 28.2 Å². The molecule has 22 heavy (non-hydrogen) atoms. The second-order valence-electron chi connectivity index (χ2n) is 5.05. The molecule has 0 radical (unpaired) electrons. The van der Waals surface area contributed by atoms with E-state index in [1.54, 1.807) is 6.07 Å². The molecule has 6 heteroatoms. The van der Waals surface area contributed by atoms with Crippen LogP contribution in [0.15, 0.2) is 22.7 Å². The fourth-order valence-electron chi connectivity index (χ4n) is 2.07. The summed E-state index contributed by atoms with van der Waals surface area (Å²) in [6.07, 6.45) is 0.831. The van der Waals surface area contributed by atoms with Crippen molar-refractivity contribution in [2.75, 3.05) is 31.5 Å². The van der Waals surface area contributed by atoms with Gasteiger partial charge in [-0.25, -0.2) is 0 Å². The van der Waals surface area contributed by atoms with Gasteiger partial charge in [-0.15, -0.1) is 0 Å². The lowest BCUT2D eigenvalue weighted by Gasteiger charge is -2.17. The molecule has 0 aliphatic carbocycles. The van der Waals surface area contributed by atoms with Crippen molar-refractivity contribution in [1.82, 2.24) is 10.2 Å². The van der Waals surface area contributed by atoms with Crippen molar-refractivity contribution in [3.8, 4) is 0 Å². The van der Waals surface area contributed by atoms with Gasteiger partial charge in [0.1, 0.15) is 0 Å². The van der Waals surface area contributed by atoms with E-state index in [9.17, 15) is 9.59 Å². The summed E-state index contributed by atoms with van der Waals surface area (Å²) >= 11 is 3.36. The van der Waals surface area contributed by atoms with Gasteiger partial charge < -0.3 is 15.5 Å². The normalized spacial score (nSPS) is 10.6. The lowest BCUT2D eigenvalue weighted by atomic mass is 10.2. The summed E-state index contributed by atoms with van der Waals surface area (Å²) in [5, 5.41) is 5.28. The zero-order valence-electron chi connectivity index (χ0n) is 13.4. The van der Waals surface area contributed by atoms with Crippen LogP contribution in [0, 0.1) is 6.92 Å². The van der Waals surface area contributed by atoms with Gasteiger partial charge in [-0.3, -0.25) is 9.59 Å². The maximum Gasteiger partial charge on any atom is 0.313 e. The van der Waals surface area contributed by atoms with Crippen LogP contribution in [-0.2, 0) is 9.59 Å². The number of rotatable bonds is 7. The fraction of sp³-hybridized carbons (Fsp3) is 0.500. The highest BCUT2D eigenvalue weighted by Gasteiger charge is 2.14. The minimum absolute atomic E-state index is 0.502. The average Bonchev–Trinajstić information content (AvgIpc) is 2.50. The molecule has 2 N–H and O–H groups in total. The third-order valence-corrected chi connectivity index (χ3v) is 3.97. The van der Waals surface area contributed by atoms with Crippen molar-refractivity contribution < 1.29 is 9.59 Å². The Morgan fingerprint density at radius 2 is 1.86 bits per heavy atom. The maximum atomic E-state index is 11.8. The van der Waals surface area contributed by atoms with E-state index in [0.29, 0.717) is 12.2 Å². The summed E-state index contributed by atoms with van der Waals surface area (Å²) in [5.74, 6) is -1.23. The number of halogens is 1. The van der Waals surface area contributed by atoms with Crippen LogP contribution in [0.25, 0.3) is 0 Å². The second kappa shape index (κ2) is 9.58. The molecule has 0 saturated heterocycles. The van der Waals surface area contributed by atoms with Crippen LogP contribution >= 0.6 is 15.9 Å². The molecule has 0 spiro atoms. The second-order valence-corrected chi connectivity index (χ2v) is 5.97. The summed E-state index contributed by atoms with van der Waals surface area (Å²) in [6, 6.07) is 5.48.